The van der Waals surface area contributed by atoms with Gasteiger partial charge in [-0.05, 0) is 93.8 Å². The van der Waals surface area contributed by atoms with E-state index in [0.29, 0.717) is 12.3 Å². The van der Waals surface area contributed by atoms with Crippen molar-refractivity contribution in [3.8, 4) is 5.75 Å². The summed E-state index contributed by atoms with van der Waals surface area (Å²) in [7, 11) is -2.02. The van der Waals surface area contributed by atoms with Gasteiger partial charge in [-0.3, -0.25) is 4.31 Å². The maximum Gasteiger partial charge on any atom is 0.264 e. The van der Waals surface area contributed by atoms with Gasteiger partial charge in [0, 0.05) is 11.5 Å². The Kier molecular flexibility index (Phi) is 9.23. The van der Waals surface area contributed by atoms with Crippen LogP contribution in [0.3, 0.4) is 0 Å². The summed E-state index contributed by atoms with van der Waals surface area (Å²) in [6.07, 6.45) is 8.86. The van der Waals surface area contributed by atoms with Crippen molar-refractivity contribution in [3.05, 3.63) is 53.0 Å². The third-order valence-electron chi connectivity index (χ3n) is 5.76. The van der Waals surface area contributed by atoms with Crippen LogP contribution in [0.2, 0.25) is 0 Å². The lowest BCUT2D eigenvalue weighted by Crippen LogP contribution is -2.30. The number of sulfonamides is 1. The minimum Gasteiger partial charge on any atom is -0.494 e. The quantitative estimate of drug-likeness (QED) is 0.365. The number of halogens is 1. The molecule has 7 heteroatoms. The Balaban J connectivity index is 1.39. The number of unbranched alkanes of at least 4 members (excludes halogenated alkanes) is 3. The van der Waals surface area contributed by atoms with Gasteiger partial charge in [0.1, 0.15) is 5.75 Å². The first kappa shape index (κ1) is 24.1. The topological polar surface area (TPSA) is 49.9 Å². The second-order valence-electron chi connectivity index (χ2n) is 8.09. The molecule has 1 saturated heterocycles. The van der Waals surface area contributed by atoms with Crippen LogP contribution < -0.4 is 9.04 Å². The fraction of sp³-hybridized carbons (Fsp3) is 0.500. The zero-order valence-corrected chi connectivity index (χ0v) is 20.7. The number of benzene rings is 2. The molecule has 1 aliphatic heterocycles. The Hall–Kier alpha value is -1.57. The van der Waals surface area contributed by atoms with Gasteiger partial charge in [-0.2, -0.15) is 0 Å². The van der Waals surface area contributed by atoms with E-state index in [4.69, 9.17) is 4.74 Å². The molecule has 3 rings (SSSR count). The molecule has 0 amide bonds. The molecule has 170 valence electrons. The van der Waals surface area contributed by atoms with Gasteiger partial charge in [0.05, 0.1) is 17.2 Å². The van der Waals surface area contributed by atoms with Gasteiger partial charge in [0.15, 0.2) is 0 Å². The van der Waals surface area contributed by atoms with E-state index in [1.54, 1.807) is 43.4 Å². The normalized spacial score (nSPS) is 15.0. The SMILES string of the molecule is CN(c1ccc(OCCCCCCN2CCCCC2)cc1)S(=O)(=O)c1ccc(Br)cc1. The van der Waals surface area contributed by atoms with Crippen molar-refractivity contribution >= 4 is 31.6 Å². The van der Waals surface area contributed by atoms with Gasteiger partial charge < -0.3 is 9.64 Å². The van der Waals surface area contributed by atoms with E-state index in [1.807, 2.05) is 12.1 Å². The van der Waals surface area contributed by atoms with E-state index in [9.17, 15) is 8.42 Å². The van der Waals surface area contributed by atoms with E-state index >= 15 is 0 Å². The maximum absolute atomic E-state index is 12.8. The zero-order valence-electron chi connectivity index (χ0n) is 18.3. The van der Waals surface area contributed by atoms with Crippen LogP contribution in [0.25, 0.3) is 0 Å². The predicted molar refractivity (Wildman–Crippen MR) is 130 cm³/mol. The van der Waals surface area contributed by atoms with Crippen molar-refractivity contribution in [1.29, 1.82) is 0 Å². The van der Waals surface area contributed by atoms with Crippen molar-refractivity contribution in [2.24, 2.45) is 0 Å². The Labute approximate surface area is 195 Å². The number of nitrogens with zero attached hydrogens (tertiary/aromatic N) is 2. The van der Waals surface area contributed by atoms with Crippen LogP contribution in [-0.2, 0) is 10.0 Å². The number of piperidine rings is 1. The highest BCUT2D eigenvalue weighted by Crippen LogP contribution is 2.25. The summed E-state index contributed by atoms with van der Waals surface area (Å²) in [5.41, 5.74) is 0.605. The third-order valence-corrected chi connectivity index (χ3v) is 8.09. The van der Waals surface area contributed by atoms with Gasteiger partial charge in [-0.15, -0.1) is 0 Å². The summed E-state index contributed by atoms with van der Waals surface area (Å²) in [5, 5.41) is 0. The molecular formula is C24H33BrN2O3S. The first-order valence-electron chi connectivity index (χ1n) is 11.2. The second-order valence-corrected chi connectivity index (χ2v) is 11.0. The molecule has 0 radical (unpaired) electrons. The van der Waals surface area contributed by atoms with Crippen LogP contribution in [0.15, 0.2) is 57.9 Å². The van der Waals surface area contributed by atoms with E-state index in [0.717, 1.165) is 16.6 Å². The fourth-order valence-electron chi connectivity index (χ4n) is 3.82. The van der Waals surface area contributed by atoms with Gasteiger partial charge in [0.2, 0.25) is 0 Å². The average Bonchev–Trinajstić information content (AvgIpc) is 2.79. The molecule has 1 fully saturated rings. The summed E-state index contributed by atoms with van der Waals surface area (Å²) in [4.78, 5) is 2.86. The van der Waals surface area contributed by atoms with Crippen molar-refractivity contribution < 1.29 is 13.2 Å². The lowest BCUT2D eigenvalue weighted by molar-refractivity contribution is 0.223. The molecule has 31 heavy (non-hydrogen) atoms. The summed E-state index contributed by atoms with van der Waals surface area (Å²) in [5.74, 6) is 0.770. The first-order valence-corrected chi connectivity index (χ1v) is 13.4. The van der Waals surface area contributed by atoms with Crippen LogP contribution in [0.4, 0.5) is 5.69 Å². The minimum atomic E-state index is -3.59. The van der Waals surface area contributed by atoms with Gasteiger partial charge in [-0.25, -0.2) is 8.42 Å². The Morgan fingerprint density at radius 1 is 0.903 bits per heavy atom. The number of anilines is 1. The molecule has 0 N–H and O–H groups in total. The lowest BCUT2D eigenvalue weighted by atomic mass is 10.1. The highest BCUT2D eigenvalue weighted by molar-refractivity contribution is 9.10. The molecule has 0 unspecified atom stereocenters. The molecular weight excluding hydrogens is 476 g/mol. The number of hydrogen-bond donors (Lipinski definition) is 0. The summed E-state index contributed by atoms with van der Waals surface area (Å²) in [6, 6.07) is 13.9. The Morgan fingerprint density at radius 3 is 2.23 bits per heavy atom. The van der Waals surface area contributed by atoms with Gasteiger partial charge in [0.25, 0.3) is 10.0 Å². The van der Waals surface area contributed by atoms with E-state index < -0.39 is 10.0 Å². The molecule has 0 aromatic heterocycles. The molecule has 1 aliphatic rings. The Morgan fingerprint density at radius 2 is 1.55 bits per heavy atom. The van der Waals surface area contributed by atoms with Crippen molar-refractivity contribution in [1.82, 2.24) is 4.90 Å². The van der Waals surface area contributed by atoms with Crippen LogP contribution in [0, 0.1) is 0 Å². The Bertz CT molecular complexity index is 895. The number of hydrogen-bond acceptors (Lipinski definition) is 4. The average molecular weight is 510 g/mol. The van der Waals surface area contributed by atoms with Gasteiger partial charge in [-0.1, -0.05) is 35.2 Å². The van der Waals surface area contributed by atoms with Crippen molar-refractivity contribution in [3.63, 3.8) is 0 Å². The van der Waals surface area contributed by atoms with Crippen LogP contribution in [0.5, 0.6) is 5.75 Å². The smallest absolute Gasteiger partial charge is 0.264 e. The molecule has 2 aromatic carbocycles. The molecule has 2 aromatic rings. The highest BCUT2D eigenvalue weighted by atomic mass is 79.9. The lowest BCUT2D eigenvalue weighted by Gasteiger charge is -2.26. The molecule has 0 bridgehead atoms. The maximum atomic E-state index is 12.8. The number of rotatable bonds is 11. The highest BCUT2D eigenvalue weighted by Gasteiger charge is 2.21. The summed E-state index contributed by atoms with van der Waals surface area (Å²) >= 11 is 3.33. The first-order chi connectivity index (χ1) is 15.0. The summed E-state index contributed by atoms with van der Waals surface area (Å²) < 4.78 is 33.6. The molecule has 0 spiro atoms. The van der Waals surface area contributed by atoms with Crippen molar-refractivity contribution in [2.45, 2.75) is 49.8 Å². The zero-order chi connectivity index (χ0) is 22.1. The number of likely N-dealkylation sites (tertiary alicyclic amines) is 1. The largest absolute Gasteiger partial charge is 0.494 e. The van der Waals surface area contributed by atoms with Crippen LogP contribution in [0.1, 0.15) is 44.9 Å². The van der Waals surface area contributed by atoms with E-state index in [1.165, 1.54) is 62.5 Å². The molecule has 1 heterocycles. The van der Waals surface area contributed by atoms with Crippen LogP contribution >= 0.6 is 15.9 Å². The fourth-order valence-corrected chi connectivity index (χ4v) is 5.28. The standard InChI is InChI=1S/C24H33BrN2O3S/c1-26(31(28,29)24-15-9-21(25)10-16-24)22-11-13-23(14-12-22)30-20-8-3-2-5-17-27-18-6-4-7-19-27/h9-16H,2-8,17-20H2,1H3. The summed E-state index contributed by atoms with van der Waals surface area (Å²) in [6.45, 7) is 4.48. The second kappa shape index (κ2) is 11.9. The molecule has 5 nitrogen and oxygen atoms in total. The predicted octanol–water partition coefficient (Wildman–Crippen LogP) is 5.70. The van der Waals surface area contributed by atoms with Gasteiger partial charge >= 0.3 is 0 Å². The van der Waals surface area contributed by atoms with E-state index in [2.05, 4.69) is 20.8 Å². The van der Waals surface area contributed by atoms with Crippen LogP contribution in [-0.4, -0.2) is 46.6 Å². The van der Waals surface area contributed by atoms with E-state index in [-0.39, 0.29) is 4.90 Å². The van der Waals surface area contributed by atoms with Crippen molar-refractivity contribution in [2.75, 3.05) is 37.6 Å². The molecule has 0 aliphatic carbocycles. The monoisotopic (exact) mass is 508 g/mol. The molecule has 0 saturated carbocycles. The molecule has 0 atom stereocenters. The minimum absolute atomic E-state index is 0.263. The third kappa shape index (κ3) is 7.22. The number of ether oxygens (including phenoxy) is 1.